The summed E-state index contributed by atoms with van der Waals surface area (Å²) in [4.78, 5) is 15.3. The van der Waals surface area contributed by atoms with Crippen molar-refractivity contribution in [2.75, 3.05) is 7.11 Å². The fraction of sp³-hybridized carbons (Fsp3) is 0.167. The molecule has 0 spiro atoms. The molecule has 4 nitrogen and oxygen atoms in total. The van der Waals surface area contributed by atoms with Crippen molar-refractivity contribution in [2.24, 2.45) is 5.73 Å². The van der Waals surface area contributed by atoms with Gasteiger partial charge in [0.2, 0.25) is 0 Å². The van der Waals surface area contributed by atoms with Crippen molar-refractivity contribution < 1.29 is 9.53 Å². The standard InChI is InChI=1S/C6H6N2O2S2/c1-10-6(9)3-2-8-5(12-3)4(7)11/h2H,1H3,(H2,7,11). The number of thiazole rings is 1. The van der Waals surface area contributed by atoms with Gasteiger partial charge in [0.25, 0.3) is 0 Å². The van der Waals surface area contributed by atoms with Crippen molar-refractivity contribution in [3.05, 3.63) is 16.1 Å². The molecule has 64 valence electrons. The molecule has 2 N–H and O–H groups in total. The van der Waals surface area contributed by atoms with Crippen LogP contribution in [0.2, 0.25) is 0 Å². The van der Waals surface area contributed by atoms with Crippen molar-refractivity contribution in [3.8, 4) is 0 Å². The van der Waals surface area contributed by atoms with E-state index in [1.807, 2.05) is 0 Å². The third-order valence-electron chi connectivity index (χ3n) is 1.10. The van der Waals surface area contributed by atoms with Gasteiger partial charge in [-0.2, -0.15) is 0 Å². The predicted molar refractivity (Wildman–Crippen MR) is 49.3 cm³/mol. The summed E-state index contributed by atoms with van der Waals surface area (Å²) in [6.07, 6.45) is 1.39. The molecule has 0 radical (unpaired) electrons. The molecule has 0 aromatic carbocycles. The molecule has 0 aliphatic heterocycles. The molecule has 0 aliphatic rings. The van der Waals surface area contributed by atoms with Crippen LogP contribution < -0.4 is 5.73 Å². The lowest BCUT2D eigenvalue weighted by Gasteiger charge is -1.90. The Hall–Kier alpha value is -1.01. The first-order valence-electron chi connectivity index (χ1n) is 2.99. The predicted octanol–water partition coefficient (Wildman–Crippen LogP) is 0.564. The average Bonchev–Trinajstić information content (AvgIpc) is 2.51. The van der Waals surface area contributed by atoms with Crippen LogP contribution in [0.25, 0.3) is 0 Å². The molecular formula is C6H6N2O2S2. The third-order valence-corrected chi connectivity index (χ3v) is 2.44. The Morgan fingerprint density at radius 1 is 1.83 bits per heavy atom. The number of ether oxygens (including phenoxy) is 1. The van der Waals surface area contributed by atoms with Gasteiger partial charge in [-0.25, -0.2) is 9.78 Å². The van der Waals surface area contributed by atoms with Crippen LogP contribution in [0.4, 0.5) is 0 Å². The number of esters is 1. The molecular weight excluding hydrogens is 196 g/mol. The summed E-state index contributed by atoms with van der Waals surface area (Å²) >= 11 is 5.79. The van der Waals surface area contributed by atoms with Crippen molar-refractivity contribution in [1.82, 2.24) is 4.98 Å². The van der Waals surface area contributed by atoms with Crippen LogP contribution in [0, 0.1) is 0 Å². The van der Waals surface area contributed by atoms with Crippen molar-refractivity contribution in [3.63, 3.8) is 0 Å². The number of thiocarbonyl (C=S) groups is 1. The fourth-order valence-corrected chi connectivity index (χ4v) is 1.45. The molecule has 0 saturated heterocycles. The van der Waals surface area contributed by atoms with Crippen LogP contribution in [0.3, 0.4) is 0 Å². The third kappa shape index (κ3) is 1.77. The van der Waals surface area contributed by atoms with Crippen LogP contribution in [0.5, 0.6) is 0 Å². The fourth-order valence-electron chi connectivity index (χ4n) is 0.583. The van der Waals surface area contributed by atoms with Gasteiger partial charge in [-0.15, -0.1) is 11.3 Å². The Morgan fingerprint density at radius 3 is 2.92 bits per heavy atom. The van der Waals surface area contributed by atoms with E-state index in [2.05, 4.69) is 21.9 Å². The zero-order chi connectivity index (χ0) is 9.14. The first-order chi connectivity index (χ1) is 5.65. The van der Waals surface area contributed by atoms with Gasteiger partial charge in [-0.3, -0.25) is 0 Å². The number of nitrogens with zero attached hydrogens (tertiary/aromatic N) is 1. The van der Waals surface area contributed by atoms with E-state index < -0.39 is 5.97 Å². The molecule has 0 amide bonds. The first kappa shape index (κ1) is 9.08. The summed E-state index contributed by atoms with van der Waals surface area (Å²) in [5.74, 6) is -0.421. The van der Waals surface area contributed by atoms with Crippen LogP contribution in [-0.4, -0.2) is 23.1 Å². The van der Waals surface area contributed by atoms with Crippen LogP contribution >= 0.6 is 23.6 Å². The van der Waals surface area contributed by atoms with Gasteiger partial charge in [-0.05, 0) is 0 Å². The highest BCUT2D eigenvalue weighted by molar-refractivity contribution is 7.81. The van der Waals surface area contributed by atoms with Gasteiger partial charge >= 0.3 is 5.97 Å². The highest BCUT2D eigenvalue weighted by Crippen LogP contribution is 2.13. The van der Waals surface area contributed by atoms with E-state index in [9.17, 15) is 4.79 Å². The monoisotopic (exact) mass is 202 g/mol. The lowest BCUT2D eigenvalue weighted by Crippen LogP contribution is -2.08. The number of carbonyl (C=O) groups is 1. The van der Waals surface area contributed by atoms with E-state index in [4.69, 9.17) is 5.73 Å². The van der Waals surface area contributed by atoms with Crippen molar-refractivity contribution >= 4 is 34.5 Å². The zero-order valence-corrected chi connectivity index (χ0v) is 7.87. The number of carbonyl (C=O) groups excluding carboxylic acids is 1. The molecule has 1 aromatic heterocycles. The summed E-state index contributed by atoms with van der Waals surface area (Å²) in [7, 11) is 1.31. The number of aromatic nitrogens is 1. The van der Waals surface area contributed by atoms with Crippen LogP contribution in [0.15, 0.2) is 6.20 Å². The molecule has 6 heteroatoms. The van der Waals surface area contributed by atoms with E-state index >= 15 is 0 Å². The van der Waals surface area contributed by atoms with E-state index in [0.29, 0.717) is 9.88 Å². The highest BCUT2D eigenvalue weighted by atomic mass is 32.1. The Bertz CT molecular complexity index is 321. The minimum Gasteiger partial charge on any atom is -0.465 e. The maximum absolute atomic E-state index is 10.9. The van der Waals surface area contributed by atoms with Gasteiger partial charge in [0.15, 0.2) is 5.01 Å². The normalized spacial score (nSPS) is 9.42. The highest BCUT2D eigenvalue weighted by Gasteiger charge is 2.11. The summed E-state index contributed by atoms with van der Waals surface area (Å²) in [5, 5.41) is 0.477. The Morgan fingerprint density at radius 2 is 2.50 bits per heavy atom. The second-order valence-corrected chi connectivity index (χ2v) is 3.36. The van der Waals surface area contributed by atoms with Crippen LogP contribution in [-0.2, 0) is 4.74 Å². The SMILES string of the molecule is COC(=O)c1cnc(C(N)=S)s1. The summed E-state index contributed by atoms with van der Waals surface area (Å²) in [6, 6.07) is 0. The number of methoxy groups -OCH3 is 1. The summed E-state index contributed by atoms with van der Waals surface area (Å²) in [5.41, 5.74) is 5.30. The number of rotatable bonds is 2. The quantitative estimate of drug-likeness (QED) is 0.561. The van der Waals surface area contributed by atoms with E-state index in [0.717, 1.165) is 11.3 Å². The topological polar surface area (TPSA) is 65.2 Å². The molecule has 0 atom stereocenters. The number of hydrogen-bond acceptors (Lipinski definition) is 5. The lowest BCUT2D eigenvalue weighted by molar-refractivity contribution is 0.0606. The van der Waals surface area contributed by atoms with E-state index in [-0.39, 0.29) is 4.99 Å². The van der Waals surface area contributed by atoms with Gasteiger partial charge in [0.1, 0.15) is 9.87 Å². The number of nitrogens with two attached hydrogens (primary N) is 1. The molecule has 0 unspecified atom stereocenters. The molecule has 1 rings (SSSR count). The summed E-state index contributed by atoms with van der Waals surface area (Å²) < 4.78 is 4.48. The Labute approximate surface area is 78.4 Å². The molecule has 0 fully saturated rings. The minimum atomic E-state index is -0.421. The van der Waals surface area contributed by atoms with Crippen molar-refractivity contribution in [1.29, 1.82) is 0 Å². The smallest absolute Gasteiger partial charge is 0.349 e. The molecule has 12 heavy (non-hydrogen) atoms. The zero-order valence-electron chi connectivity index (χ0n) is 6.23. The van der Waals surface area contributed by atoms with Gasteiger partial charge in [0, 0.05) is 0 Å². The number of hydrogen-bond donors (Lipinski definition) is 1. The molecule has 1 heterocycles. The van der Waals surface area contributed by atoms with Gasteiger partial charge in [-0.1, -0.05) is 12.2 Å². The maximum Gasteiger partial charge on any atom is 0.349 e. The van der Waals surface area contributed by atoms with E-state index in [1.165, 1.54) is 13.3 Å². The molecule has 0 bridgehead atoms. The second-order valence-electron chi connectivity index (χ2n) is 1.89. The van der Waals surface area contributed by atoms with Crippen molar-refractivity contribution in [2.45, 2.75) is 0 Å². The van der Waals surface area contributed by atoms with Gasteiger partial charge in [0.05, 0.1) is 13.3 Å². The van der Waals surface area contributed by atoms with Gasteiger partial charge < -0.3 is 10.5 Å². The van der Waals surface area contributed by atoms with Crippen LogP contribution in [0.1, 0.15) is 14.7 Å². The Balaban J connectivity index is 2.91. The minimum absolute atomic E-state index is 0.190. The molecule has 0 aliphatic carbocycles. The molecule has 1 aromatic rings. The lowest BCUT2D eigenvalue weighted by atomic mass is 10.6. The second kappa shape index (κ2) is 3.59. The first-order valence-corrected chi connectivity index (χ1v) is 4.21. The maximum atomic E-state index is 10.9. The van der Waals surface area contributed by atoms with E-state index in [1.54, 1.807) is 0 Å². The average molecular weight is 202 g/mol. The summed E-state index contributed by atoms with van der Waals surface area (Å²) in [6.45, 7) is 0. The Kier molecular flexibility index (Phi) is 2.72. The largest absolute Gasteiger partial charge is 0.465 e. The molecule has 0 saturated carbocycles.